The predicted molar refractivity (Wildman–Crippen MR) is 142 cm³/mol. The highest BCUT2D eigenvalue weighted by Crippen LogP contribution is 2.39. The van der Waals surface area contributed by atoms with Crippen LogP contribution in [0.2, 0.25) is 0 Å². The maximum absolute atomic E-state index is 13.9. The van der Waals surface area contributed by atoms with E-state index < -0.39 is 59.0 Å². The van der Waals surface area contributed by atoms with E-state index in [1.54, 1.807) is 6.07 Å². The number of aliphatic imine (C=N–C) groups is 1. The third-order valence-electron chi connectivity index (χ3n) is 6.00. The number of halogens is 6. The van der Waals surface area contributed by atoms with Gasteiger partial charge in [-0.25, -0.2) is 16.8 Å². The number of para-hydroxylation sites is 1. The van der Waals surface area contributed by atoms with E-state index in [4.69, 9.17) is 0 Å². The number of rotatable bonds is 6. The number of nitrogens with one attached hydrogen (secondary N) is 1. The lowest BCUT2D eigenvalue weighted by Gasteiger charge is -2.25. The number of nitrogens with zero attached hydrogens (tertiary/aromatic N) is 2. The largest absolute Gasteiger partial charge is 0.416 e. The summed E-state index contributed by atoms with van der Waals surface area (Å²) < 4.78 is 136. The van der Waals surface area contributed by atoms with E-state index in [0.29, 0.717) is 40.6 Å². The molecule has 3 aromatic carbocycles. The predicted octanol–water partition coefficient (Wildman–Crippen LogP) is 6.28. The molecule has 0 saturated carbocycles. The van der Waals surface area contributed by atoms with Gasteiger partial charge in [0.25, 0.3) is 20.0 Å². The summed E-state index contributed by atoms with van der Waals surface area (Å²) in [5.41, 5.74) is -2.88. The molecular weight excluding hydrogens is 616 g/mol. The van der Waals surface area contributed by atoms with Crippen LogP contribution in [0.25, 0.3) is 10.9 Å². The third kappa shape index (κ3) is 5.42. The number of sulfonamides is 2. The fourth-order valence-electron chi connectivity index (χ4n) is 4.15. The molecule has 4 aromatic rings. The number of thioether (sulfide) groups is 1. The Balaban J connectivity index is 1.78. The first-order valence-corrected chi connectivity index (χ1v) is 15.4. The van der Waals surface area contributed by atoms with Crippen molar-refractivity contribution in [3.63, 3.8) is 0 Å². The molecule has 2 heterocycles. The molecule has 0 bridgehead atoms. The van der Waals surface area contributed by atoms with Crippen molar-refractivity contribution in [2.75, 3.05) is 16.0 Å². The van der Waals surface area contributed by atoms with Crippen LogP contribution in [-0.4, -0.2) is 39.2 Å². The Hall–Kier alpha value is -3.50. The van der Waals surface area contributed by atoms with Crippen LogP contribution in [-0.2, 0) is 32.4 Å². The molecule has 216 valence electrons. The monoisotopic (exact) mass is 633 g/mol. The SMILES string of the molecule is O=S(=O)(c1cccc(C(F)(F)F)c1)N(c1cccc2cc(C3=NCCS3)[nH]c12)S(=O)(=O)c1cccc(C(F)(F)F)c1. The summed E-state index contributed by atoms with van der Waals surface area (Å²) in [5.74, 6) is 0.678. The van der Waals surface area contributed by atoms with E-state index in [1.807, 2.05) is 0 Å². The number of alkyl halides is 6. The Kier molecular flexibility index (Phi) is 7.14. The number of hydrogen-bond donors (Lipinski definition) is 1. The lowest BCUT2D eigenvalue weighted by molar-refractivity contribution is -0.138. The number of aromatic nitrogens is 1. The summed E-state index contributed by atoms with van der Waals surface area (Å²) in [6, 6.07) is 10.3. The number of hydrogen-bond acceptors (Lipinski definition) is 6. The van der Waals surface area contributed by atoms with Crippen LogP contribution in [0, 0.1) is 0 Å². The van der Waals surface area contributed by atoms with Crippen LogP contribution in [0.4, 0.5) is 32.0 Å². The Labute approximate surface area is 234 Å². The minimum Gasteiger partial charge on any atom is -0.351 e. The van der Waals surface area contributed by atoms with Crippen molar-refractivity contribution in [2.45, 2.75) is 22.1 Å². The highest BCUT2D eigenvalue weighted by atomic mass is 32.3. The third-order valence-corrected chi connectivity index (χ3v) is 11.2. The minimum atomic E-state index is -5.38. The second-order valence-electron chi connectivity index (χ2n) is 8.72. The summed E-state index contributed by atoms with van der Waals surface area (Å²) in [4.78, 5) is 5.16. The van der Waals surface area contributed by atoms with Gasteiger partial charge < -0.3 is 4.98 Å². The Morgan fingerprint density at radius 3 is 1.78 bits per heavy atom. The summed E-state index contributed by atoms with van der Waals surface area (Å²) in [6.07, 6.45) is -9.94. The zero-order valence-electron chi connectivity index (χ0n) is 20.4. The highest BCUT2D eigenvalue weighted by molar-refractivity contribution is 8.14. The van der Waals surface area contributed by atoms with Crippen LogP contribution in [0.5, 0.6) is 0 Å². The first-order chi connectivity index (χ1) is 19.1. The molecule has 0 saturated heterocycles. The van der Waals surface area contributed by atoms with Crippen molar-refractivity contribution >= 4 is 53.4 Å². The molecule has 0 aliphatic carbocycles. The molecule has 1 aromatic heterocycles. The second-order valence-corrected chi connectivity index (χ2v) is 13.6. The van der Waals surface area contributed by atoms with Gasteiger partial charge >= 0.3 is 12.4 Å². The Bertz CT molecular complexity index is 1810. The average molecular weight is 634 g/mol. The molecular formula is C25H17F6N3O4S3. The van der Waals surface area contributed by atoms with Gasteiger partial charge in [-0.2, -0.15) is 30.1 Å². The van der Waals surface area contributed by atoms with Gasteiger partial charge in [-0.05, 0) is 48.5 Å². The first kappa shape index (κ1) is 29.0. The van der Waals surface area contributed by atoms with Crippen LogP contribution in [0.15, 0.2) is 87.6 Å². The highest BCUT2D eigenvalue weighted by Gasteiger charge is 2.41. The molecule has 0 spiro atoms. The van der Waals surface area contributed by atoms with Gasteiger partial charge in [0.15, 0.2) is 0 Å². The lowest BCUT2D eigenvalue weighted by atomic mass is 10.2. The first-order valence-electron chi connectivity index (χ1n) is 11.5. The van der Waals surface area contributed by atoms with Crippen molar-refractivity contribution in [3.8, 4) is 0 Å². The zero-order chi connectivity index (χ0) is 29.8. The van der Waals surface area contributed by atoms with Crippen LogP contribution < -0.4 is 3.71 Å². The van der Waals surface area contributed by atoms with Crippen molar-refractivity contribution < 1.29 is 43.2 Å². The van der Waals surface area contributed by atoms with Gasteiger partial charge in [-0.15, -0.1) is 11.8 Å². The molecule has 0 atom stereocenters. The molecule has 0 fully saturated rings. The van der Waals surface area contributed by atoms with Crippen LogP contribution in [0.1, 0.15) is 16.8 Å². The molecule has 41 heavy (non-hydrogen) atoms. The van der Waals surface area contributed by atoms with Crippen molar-refractivity contribution in [3.05, 3.63) is 89.6 Å². The summed E-state index contributed by atoms with van der Waals surface area (Å²) in [5, 5.41) is 0.899. The normalized spacial score (nSPS) is 14.8. The summed E-state index contributed by atoms with van der Waals surface area (Å²) in [7, 11) is -10.8. The van der Waals surface area contributed by atoms with E-state index in [2.05, 4.69) is 9.98 Å². The number of anilines is 1. The Morgan fingerprint density at radius 1 is 0.756 bits per heavy atom. The summed E-state index contributed by atoms with van der Waals surface area (Å²) >= 11 is 1.39. The molecule has 7 nitrogen and oxygen atoms in total. The standard InChI is InChI=1S/C25H17F6N3O4S3/c26-24(27,28)16-5-2-7-18(13-16)40(35,36)34(41(37,38)19-8-3-6-17(14-19)25(29,30)31)21-9-1-4-15-12-20(33-22(15)21)23-32-10-11-39-23/h1-9,12-14,33H,10-11H2. The zero-order valence-corrected chi connectivity index (χ0v) is 22.8. The number of aromatic amines is 1. The van der Waals surface area contributed by atoms with E-state index in [9.17, 15) is 43.2 Å². The lowest BCUT2D eigenvalue weighted by Crippen LogP contribution is -2.37. The Morgan fingerprint density at radius 2 is 1.29 bits per heavy atom. The molecule has 5 rings (SSSR count). The quantitative estimate of drug-likeness (QED) is 0.252. The molecule has 16 heteroatoms. The number of H-pyrrole nitrogens is 1. The van der Waals surface area contributed by atoms with Crippen LogP contribution >= 0.6 is 11.8 Å². The van der Waals surface area contributed by atoms with Gasteiger partial charge in [-0.1, -0.05) is 24.3 Å². The maximum atomic E-state index is 13.9. The van der Waals surface area contributed by atoms with Crippen molar-refractivity contribution in [1.82, 2.24) is 4.98 Å². The minimum absolute atomic E-state index is 0.0381. The van der Waals surface area contributed by atoms with E-state index in [0.717, 1.165) is 30.3 Å². The van der Waals surface area contributed by atoms with Crippen molar-refractivity contribution in [2.24, 2.45) is 4.99 Å². The molecule has 0 unspecified atom stereocenters. The van der Waals surface area contributed by atoms with Gasteiger partial charge in [0.05, 0.1) is 37.8 Å². The van der Waals surface area contributed by atoms with E-state index >= 15 is 0 Å². The van der Waals surface area contributed by atoms with Gasteiger partial charge in [0.2, 0.25) is 0 Å². The van der Waals surface area contributed by atoms with Gasteiger partial charge in [-0.3, -0.25) is 4.99 Å². The fraction of sp³-hybridized carbons (Fsp3) is 0.160. The maximum Gasteiger partial charge on any atom is 0.416 e. The smallest absolute Gasteiger partial charge is 0.351 e. The molecule has 1 N–H and O–H groups in total. The molecule has 0 radical (unpaired) electrons. The number of benzene rings is 3. The van der Waals surface area contributed by atoms with Gasteiger partial charge in [0.1, 0.15) is 5.04 Å². The second kappa shape index (κ2) is 10.1. The molecule has 1 aliphatic rings. The van der Waals surface area contributed by atoms with Gasteiger partial charge in [0, 0.05) is 17.7 Å². The molecule has 1 aliphatic heterocycles. The fourth-order valence-corrected chi connectivity index (χ4v) is 8.78. The van der Waals surface area contributed by atoms with E-state index in [-0.39, 0.29) is 21.4 Å². The van der Waals surface area contributed by atoms with Crippen molar-refractivity contribution in [1.29, 1.82) is 0 Å². The topological polar surface area (TPSA) is 99.7 Å². The van der Waals surface area contributed by atoms with E-state index in [1.165, 1.54) is 23.9 Å². The summed E-state index contributed by atoms with van der Waals surface area (Å²) in [6.45, 7) is 0.516. The molecule has 0 amide bonds. The van der Waals surface area contributed by atoms with Crippen LogP contribution in [0.3, 0.4) is 0 Å². The average Bonchev–Trinajstić information content (AvgIpc) is 3.58. The number of fused-ring (bicyclic) bond motifs is 1.